The Kier molecular flexibility index (Phi) is 468. The van der Waals surface area contributed by atoms with Crippen LogP contribution in [0.15, 0.2) is 0 Å². The third kappa shape index (κ3) is 824. The van der Waals surface area contributed by atoms with E-state index in [2.05, 4.69) is 0 Å². The van der Waals surface area contributed by atoms with Gasteiger partial charge in [0, 0.05) is 25.9 Å². The maximum atomic E-state index is 8.25. The van der Waals surface area contributed by atoms with Crippen LogP contribution in [0.5, 0.6) is 0 Å². The molecule has 0 N–H and O–H groups in total. The molecule has 0 unspecified atom stereocenters. The summed E-state index contributed by atoms with van der Waals surface area (Å²) in [6, 6.07) is 0. The van der Waals surface area contributed by atoms with E-state index in [1.807, 2.05) is 0 Å². The van der Waals surface area contributed by atoms with Crippen molar-refractivity contribution < 1.29 is 72.6 Å². The Balaban J connectivity index is -0.0000000145. The summed E-state index contributed by atoms with van der Waals surface area (Å²) in [5.74, 6) is 0. The van der Waals surface area contributed by atoms with Crippen molar-refractivity contribution in [1.82, 2.24) is 0 Å². The number of hydrogen-bond acceptors (Lipinski definition) is 8. The van der Waals surface area contributed by atoms with Gasteiger partial charge in [-0.1, -0.05) is 0 Å². The molecular weight excluding hydrogens is 293 g/mol. The van der Waals surface area contributed by atoms with E-state index in [1.54, 1.807) is 0 Å². The summed E-state index contributed by atoms with van der Waals surface area (Å²) in [7, 11) is 0. The zero-order valence-electron chi connectivity index (χ0n) is 6.21. The summed E-state index contributed by atoms with van der Waals surface area (Å²) in [4.78, 5) is 33.0. The van der Waals surface area contributed by atoms with Gasteiger partial charge in [-0.05, 0) is 0 Å². The first-order chi connectivity index (χ1) is 5.66. The molecule has 0 saturated carbocycles. The average molecular weight is 297 g/mol. The Labute approximate surface area is 98.8 Å². The van der Waals surface area contributed by atoms with Crippen molar-refractivity contribution in [3.8, 4) is 0 Å². The summed E-state index contributed by atoms with van der Waals surface area (Å²) in [6.07, 6.45) is 0. The zero-order valence-corrected chi connectivity index (χ0v) is 8.18. The van der Waals surface area contributed by atoms with Gasteiger partial charge in [0.05, 0.1) is 0 Å². The molecule has 0 rings (SSSR count). The number of carboxylic acid groups (broad SMARTS) is 4. The molecule has 0 aliphatic rings. The second-order valence-corrected chi connectivity index (χ2v) is 0.385. The summed E-state index contributed by atoms with van der Waals surface area (Å²) < 4.78 is 0. The molecule has 0 aromatic heterocycles. The summed E-state index contributed by atoms with van der Waals surface area (Å²) in [6.45, 7) is -2.00. The van der Waals surface area contributed by atoms with Gasteiger partial charge in [-0.15, -0.1) is 0 Å². The maximum absolute atomic E-state index is 8.25. The smallest absolute Gasteiger partial charge is 0.554 e. The predicted molar refractivity (Wildman–Crippen MR) is 24.3 cm³/mol. The van der Waals surface area contributed by atoms with E-state index < -0.39 is 25.9 Å². The summed E-state index contributed by atoms with van der Waals surface area (Å²) in [5, 5.41) is 33.0. The summed E-state index contributed by atoms with van der Waals surface area (Å²) >= 11 is 0. The quantitative estimate of drug-likeness (QED) is 0.315. The largest absolute Gasteiger partial charge is 2.00 e. The van der Waals surface area contributed by atoms with Crippen molar-refractivity contribution in [3.63, 3.8) is 0 Å². The van der Waals surface area contributed by atoms with Crippen molar-refractivity contribution in [3.05, 3.63) is 0 Å². The van der Waals surface area contributed by atoms with Gasteiger partial charge in [0.15, 0.2) is 0 Å². The molecule has 0 fully saturated rings. The number of hydrogen-bond donors (Lipinski definition) is 0. The molecule has 0 atom stereocenters. The van der Waals surface area contributed by atoms with Crippen molar-refractivity contribution in [2.45, 2.75) is 0 Å². The van der Waals surface area contributed by atoms with Crippen LogP contribution >= 0.6 is 0 Å². The molecule has 0 radical (unpaired) electrons. The molecule has 0 spiro atoms. The van der Waals surface area contributed by atoms with Gasteiger partial charge >= 0.3 is 33.0 Å². The molecule has 0 amide bonds. The van der Waals surface area contributed by atoms with Crippen LogP contribution < -0.4 is 20.4 Å². The number of carbonyl (C=O) groups is 4. The molecule has 0 aromatic carbocycles. The van der Waals surface area contributed by atoms with E-state index in [0.717, 1.165) is 0 Å². The Morgan fingerprint density at radius 2 is 0.500 bits per heavy atom. The Morgan fingerprint density at radius 3 is 0.500 bits per heavy atom. The summed E-state index contributed by atoms with van der Waals surface area (Å²) in [5.41, 5.74) is 0. The van der Waals surface area contributed by atoms with Gasteiger partial charge < -0.3 is 39.6 Å². The fourth-order valence-corrected chi connectivity index (χ4v) is 0. The van der Waals surface area contributed by atoms with E-state index in [0.29, 0.717) is 0 Å². The van der Waals surface area contributed by atoms with Gasteiger partial charge in [-0.3, -0.25) is 0 Å². The van der Waals surface area contributed by atoms with E-state index in [1.165, 1.54) is 0 Å². The Morgan fingerprint density at radius 1 is 0.500 bits per heavy atom. The molecule has 8 nitrogen and oxygen atoms in total. The average Bonchev–Trinajstić information content (AvgIpc) is 1.92. The third-order valence-electron chi connectivity index (χ3n) is 0. The van der Waals surface area contributed by atoms with Gasteiger partial charge in [0.1, 0.15) is 0 Å². The number of carbonyl (C=O) groups excluding carboxylic acids is 4. The van der Waals surface area contributed by atoms with E-state index in [4.69, 9.17) is 39.6 Å². The van der Waals surface area contributed by atoms with Crippen LogP contribution in [0.25, 0.3) is 0 Å². The Hall–Kier alpha value is -1.13. The van der Waals surface area contributed by atoms with Gasteiger partial charge in [0.2, 0.25) is 0 Å². The molecule has 0 aliphatic carbocycles. The monoisotopic (exact) mass is 296 g/mol. The molecular formula is C4H4Ni2O8. The second-order valence-electron chi connectivity index (χ2n) is 0.385. The minimum atomic E-state index is -0.500. The normalized spacial score (nSPS) is 3.43. The van der Waals surface area contributed by atoms with Crippen LogP contribution in [0.2, 0.25) is 0 Å². The third-order valence-corrected chi connectivity index (χ3v) is 0. The van der Waals surface area contributed by atoms with Crippen LogP contribution in [-0.2, 0) is 52.2 Å². The standard InChI is InChI=1S/4CH2O2.2Ni/c4*2-1-3;;/h4*1H,(H,2,3);;/q;;;;2*+2/p-4. The van der Waals surface area contributed by atoms with Crippen molar-refractivity contribution >= 4 is 25.9 Å². The first-order valence-electron chi connectivity index (χ1n) is 1.89. The fraction of sp³-hybridized carbons (Fsp3) is 0. The number of rotatable bonds is 0. The predicted octanol–water partition coefficient (Wildman–Crippen LogP) is -6.54. The molecule has 0 aliphatic heterocycles. The van der Waals surface area contributed by atoms with Crippen LogP contribution in [0.1, 0.15) is 0 Å². The van der Waals surface area contributed by atoms with Crippen LogP contribution in [0.3, 0.4) is 0 Å². The molecule has 0 saturated heterocycles. The molecule has 10 heteroatoms. The fourth-order valence-electron chi connectivity index (χ4n) is 0. The van der Waals surface area contributed by atoms with Crippen LogP contribution in [0.4, 0.5) is 0 Å². The van der Waals surface area contributed by atoms with Crippen LogP contribution in [0, 0.1) is 0 Å². The minimum absolute atomic E-state index is 0. The molecule has 14 heavy (non-hydrogen) atoms. The molecule has 0 bridgehead atoms. The van der Waals surface area contributed by atoms with Crippen molar-refractivity contribution in [1.29, 1.82) is 0 Å². The van der Waals surface area contributed by atoms with E-state index in [-0.39, 0.29) is 33.0 Å². The Bertz CT molecular complexity index is 73.3. The van der Waals surface area contributed by atoms with Crippen molar-refractivity contribution in [2.24, 2.45) is 0 Å². The van der Waals surface area contributed by atoms with Gasteiger partial charge in [-0.25, -0.2) is 0 Å². The van der Waals surface area contributed by atoms with Gasteiger partial charge in [-0.2, -0.15) is 0 Å². The van der Waals surface area contributed by atoms with E-state index in [9.17, 15) is 0 Å². The second kappa shape index (κ2) is 170. The van der Waals surface area contributed by atoms with Crippen molar-refractivity contribution in [2.75, 3.05) is 0 Å². The molecule has 0 heterocycles. The van der Waals surface area contributed by atoms with Gasteiger partial charge in [0.25, 0.3) is 0 Å². The van der Waals surface area contributed by atoms with Crippen LogP contribution in [-0.4, -0.2) is 25.9 Å². The SMILES string of the molecule is O=C[O-].O=C[O-].O=C[O-].O=C[O-].[Ni+2].[Ni+2]. The molecule has 0 aromatic rings. The topological polar surface area (TPSA) is 161 Å². The molecule has 88 valence electrons. The minimum Gasteiger partial charge on any atom is -0.554 e. The zero-order chi connectivity index (χ0) is 10.8. The first kappa shape index (κ1) is 38.4. The van der Waals surface area contributed by atoms with E-state index >= 15 is 0 Å². The maximum Gasteiger partial charge on any atom is 2.00 e. The first-order valence-corrected chi connectivity index (χ1v) is 1.89.